The number of likely N-dealkylation sites (N-methyl/N-ethyl adjacent to an activating group) is 1. The molecule has 34 heavy (non-hydrogen) atoms. The van der Waals surface area contributed by atoms with E-state index in [4.69, 9.17) is 14.2 Å². The lowest BCUT2D eigenvalue weighted by Crippen LogP contribution is -2.40. The Kier molecular flexibility index (Phi) is 8.40. The fraction of sp³-hybridized carbons (Fsp3) is 0.577. The number of benzene rings is 1. The molecular formula is C26H39N3O5. The van der Waals surface area contributed by atoms with Crippen molar-refractivity contribution in [2.24, 2.45) is 10.9 Å². The van der Waals surface area contributed by atoms with Gasteiger partial charge in [0.1, 0.15) is 17.0 Å². The highest BCUT2D eigenvalue weighted by Crippen LogP contribution is 2.33. The van der Waals surface area contributed by atoms with Gasteiger partial charge in [0.05, 0.1) is 18.8 Å². The van der Waals surface area contributed by atoms with Crippen molar-refractivity contribution < 1.29 is 23.8 Å². The lowest BCUT2D eigenvalue weighted by molar-refractivity contribution is 0.0412. The quantitative estimate of drug-likeness (QED) is 0.565. The van der Waals surface area contributed by atoms with E-state index in [0.717, 1.165) is 11.3 Å². The lowest BCUT2D eigenvalue weighted by atomic mass is 9.99. The van der Waals surface area contributed by atoms with Gasteiger partial charge >= 0.3 is 12.2 Å². The van der Waals surface area contributed by atoms with Gasteiger partial charge < -0.3 is 19.1 Å². The van der Waals surface area contributed by atoms with E-state index < -0.39 is 23.4 Å². The van der Waals surface area contributed by atoms with Gasteiger partial charge in [0.25, 0.3) is 0 Å². The van der Waals surface area contributed by atoms with Crippen LogP contribution in [-0.2, 0) is 15.9 Å². The Labute approximate surface area is 203 Å². The Balaban J connectivity index is 2.54. The molecule has 1 aromatic carbocycles. The van der Waals surface area contributed by atoms with Gasteiger partial charge in [-0.3, -0.25) is 0 Å². The highest BCUT2D eigenvalue weighted by molar-refractivity contribution is 6.03. The number of hydrogen-bond donors (Lipinski definition) is 0. The third kappa shape index (κ3) is 7.23. The molecule has 0 spiro atoms. The number of guanidine groups is 1. The first-order valence-electron chi connectivity index (χ1n) is 11.5. The molecule has 0 N–H and O–H groups in total. The van der Waals surface area contributed by atoms with Gasteiger partial charge in [0, 0.05) is 7.05 Å². The zero-order chi connectivity index (χ0) is 25.8. The predicted octanol–water partition coefficient (Wildman–Crippen LogP) is 5.62. The van der Waals surface area contributed by atoms with E-state index in [-0.39, 0.29) is 17.9 Å². The molecule has 1 heterocycles. The molecule has 8 nitrogen and oxygen atoms in total. The van der Waals surface area contributed by atoms with Crippen LogP contribution in [0.4, 0.5) is 9.59 Å². The first kappa shape index (κ1) is 27.2. The van der Waals surface area contributed by atoms with Crippen LogP contribution in [0.1, 0.15) is 61.0 Å². The van der Waals surface area contributed by atoms with Crippen LogP contribution in [0.3, 0.4) is 0 Å². The van der Waals surface area contributed by atoms with Gasteiger partial charge in [-0.25, -0.2) is 14.5 Å². The van der Waals surface area contributed by atoms with E-state index >= 15 is 0 Å². The molecule has 0 aliphatic carbocycles. The average molecular weight is 474 g/mol. The molecule has 1 aliphatic heterocycles. The van der Waals surface area contributed by atoms with E-state index in [0.29, 0.717) is 12.1 Å². The fourth-order valence-corrected chi connectivity index (χ4v) is 3.70. The second kappa shape index (κ2) is 10.5. The van der Waals surface area contributed by atoms with Gasteiger partial charge in [-0.1, -0.05) is 32.1 Å². The molecule has 2 rings (SSSR count). The van der Waals surface area contributed by atoms with Crippen molar-refractivity contribution in [1.82, 2.24) is 9.80 Å². The number of allylic oxidation sites excluding steroid dienone is 1. The maximum Gasteiger partial charge on any atom is 0.437 e. The number of ether oxygens (including phenoxy) is 3. The number of carbonyl (C=O) groups excluding carboxylic acids is 2. The van der Waals surface area contributed by atoms with Crippen LogP contribution >= 0.6 is 0 Å². The van der Waals surface area contributed by atoms with Crippen LogP contribution < -0.4 is 4.74 Å². The first-order chi connectivity index (χ1) is 15.6. The smallest absolute Gasteiger partial charge is 0.437 e. The van der Waals surface area contributed by atoms with E-state index in [2.05, 4.69) is 18.8 Å². The lowest BCUT2D eigenvalue weighted by Gasteiger charge is -2.25. The zero-order valence-electron chi connectivity index (χ0n) is 22.1. The van der Waals surface area contributed by atoms with Gasteiger partial charge in [0.15, 0.2) is 0 Å². The summed E-state index contributed by atoms with van der Waals surface area (Å²) in [6.07, 6.45) is 1.22. The summed E-state index contributed by atoms with van der Waals surface area (Å²) in [5, 5.41) is 0. The van der Waals surface area contributed by atoms with Crippen LogP contribution in [0.25, 0.3) is 0 Å². The minimum Gasteiger partial charge on any atom is -0.497 e. The summed E-state index contributed by atoms with van der Waals surface area (Å²) in [6.45, 7) is 14.8. The Hall–Kier alpha value is -3.03. The summed E-state index contributed by atoms with van der Waals surface area (Å²) in [4.78, 5) is 33.3. The maximum absolute atomic E-state index is 13.3. The van der Waals surface area contributed by atoms with Crippen molar-refractivity contribution in [3.63, 3.8) is 0 Å². The molecule has 1 unspecified atom stereocenters. The van der Waals surface area contributed by atoms with E-state index in [1.807, 2.05) is 42.3 Å². The topological polar surface area (TPSA) is 80.7 Å². The molecule has 1 aliphatic rings. The number of methoxy groups -OCH3 is 1. The number of rotatable bonds is 4. The average Bonchev–Trinajstić information content (AvgIpc) is 2.95. The molecule has 1 aromatic rings. The van der Waals surface area contributed by atoms with Crippen LogP contribution in [0.15, 0.2) is 41.0 Å². The van der Waals surface area contributed by atoms with E-state index in [1.165, 1.54) is 4.90 Å². The summed E-state index contributed by atoms with van der Waals surface area (Å²) in [7, 11) is 3.45. The second-order valence-electron chi connectivity index (χ2n) is 10.7. The molecule has 1 atom stereocenters. The third-order valence-electron chi connectivity index (χ3n) is 4.99. The molecule has 1 fully saturated rings. The van der Waals surface area contributed by atoms with E-state index in [1.54, 1.807) is 48.7 Å². The standard InChI is InChI=1S/C26H39N3O5/c1-17(2)21-20(16-13-18-11-14-19(32-10)15-12-18)29(24(31)34-26(6,7)8)22(28(21)9)27-23(30)33-25(3,4)5/h11-12,14-17,21H,13H2,1-10H3/b20-16+,27-22+. The minimum absolute atomic E-state index is 0.128. The minimum atomic E-state index is -0.762. The molecule has 1 saturated heterocycles. The number of nitrogens with zero attached hydrogens (tertiary/aromatic N) is 3. The van der Waals surface area contributed by atoms with Gasteiger partial charge in [0.2, 0.25) is 5.96 Å². The summed E-state index contributed by atoms with van der Waals surface area (Å²) in [6, 6.07) is 7.57. The molecule has 0 saturated carbocycles. The Bertz CT molecular complexity index is 937. The number of aliphatic imine (C=N–C) groups is 1. The second-order valence-corrected chi connectivity index (χ2v) is 10.7. The van der Waals surface area contributed by atoms with Crippen LogP contribution in [0.2, 0.25) is 0 Å². The van der Waals surface area contributed by atoms with Crippen molar-refractivity contribution in [2.45, 2.75) is 79.1 Å². The van der Waals surface area contributed by atoms with Crippen molar-refractivity contribution in [1.29, 1.82) is 0 Å². The Morgan fingerprint density at radius 2 is 1.59 bits per heavy atom. The summed E-state index contributed by atoms with van der Waals surface area (Å²) in [5.74, 6) is 1.09. The van der Waals surface area contributed by atoms with Crippen molar-refractivity contribution in [3.8, 4) is 5.75 Å². The van der Waals surface area contributed by atoms with Gasteiger partial charge in [-0.15, -0.1) is 4.99 Å². The molecule has 0 aromatic heterocycles. The number of hydrogen-bond acceptors (Lipinski definition) is 5. The van der Waals surface area contributed by atoms with Crippen molar-refractivity contribution in [3.05, 3.63) is 41.6 Å². The van der Waals surface area contributed by atoms with Gasteiger partial charge in [-0.2, -0.15) is 0 Å². The Morgan fingerprint density at radius 1 is 1.03 bits per heavy atom. The molecule has 2 amide bonds. The van der Waals surface area contributed by atoms with Gasteiger partial charge in [-0.05, 0) is 71.6 Å². The summed E-state index contributed by atoms with van der Waals surface area (Å²) in [5.41, 5.74) is 0.341. The maximum atomic E-state index is 13.3. The summed E-state index contributed by atoms with van der Waals surface area (Å²) < 4.78 is 16.3. The molecular weight excluding hydrogens is 434 g/mol. The predicted molar refractivity (Wildman–Crippen MR) is 133 cm³/mol. The molecule has 8 heteroatoms. The van der Waals surface area contributed by atoms with Crippen LogP contribution in [0, 0.1) is 5.92 Å². The van der Waals surface area contributed by atoms with Crippen molar-refractivity contribution >= 4 is 18.1 Å². The van der Waals surface area contributed by atoms with E-state index in [9.17, 15) is 9.59 Å². The molecule has 0 bridgehead atoms. The number of amides is 2. The highest BCUT2D eigenvalue weighted by atomic mass is 16.6. The fourth-order valence-electron chi connectivity index (χ4n) is 3.70. The summed E-state index contributed by atoms with van der Waals surface area (Å²) >= 11 is 0. The Morgan fingerprint density at radius 3 is 2.06 bits per heavy atom. The molecule has 188 valence electrons. The van der Waals surface area contributed by atoms with Crippen molar-refractivity contribution in [2.75, 3.05) is 14.2 Å². The normalized spacial score (nSPS) is 19.2. The number of carbonyl (C=O) groups is 2. The first-order valence-corrected chi connectivity index (χ1v) is 11.5. The monoisotopic (exact) mass is 473 g/mol. The highest BCUT2D eigenvalue weighted by Gasteiger charge is 2.45. The zero-order valence-corrected chi connectivity index (χ0v) is 22.1. The largest absolute Gasteiger partial charge is 0.497 e. The van der Waals surface area contributed by atoms with Crippen LogP contribution in [-0.4, -0.2) is 59.3 Å². The van der Waals surface area contributed by atoms with Crippen LogP contribution in [0.5, 0.6) is 5.75 Å². The SMILES string of the molecule is COc1ccc(C/C=C2\C(C(C)C)N(C)/C(=N\C(=O)OC(C)(C)C)N2C(=O)OC(C)(C)C)cc1. The molecule has 0 radical (unpaired) electrons. The third-order valence-corrected chi connectivity index (χ3v) is 4.99.